The molecule has 0 aliphatic heterocycles. The fourth-order valence-electron chi connectivity index (χ4n) is 1.18. The predicted octanol–water partition coefficient (Wildman–Crippen LogP) is 2.29. The minimum absolute atomic E-state index is 0.244. The maximum absolute atomic E-state index is 13.4. The van der Waals surface area contributed by atoms with Crippen LogP contribution in [0.4, 0.5) is 15.8 Å². The van der Waals surface area contributed by atoms with Crippen molar-refractivity contribution in [2.24, 2.45) is 0 Å². The number of halogens is 1. The molecule has 3 heteroatoms. The van der Waals surface area contributed by atoms with Gasteiger partial charge in [0, 0.05) is 0 Å². The van der Waals surface area contributed by atoms with Crippen LogP contribution in [0.1, 0.15) is 26.3 Å². The second-order valence-electron chi connectivity index (χ2n) is 4.21. The van der Waals surface area contributed by atoms with Gasteiger partial charge in [-0.15, -0.1) is 0 Å². The number of nitrogens with two attached hydrogens (primary N) is 2. The highest BCUT2D eigenvalue weighted by Gasteiger charge is 2.19. The van der Waals surface area contributed by atoms with Crippen molar-refractivity contribution in [2.45, 2.75) is 26.2 Å². The van der Waals surface area contributed by atoms with Crippen LogP contribution in [0.15, 0.2) is 12.1 Å². The molecule has 0 heterocycles. The molecule has 2 nitrogen and oxygen atoms in total. The Kier molecular flexibility index (Phi) is 2.20. The molecule has 0 amide bonds. The summed E-state index contributed by atoms with van der Waals surface area (Å²) in [6.45, 7) is 5.79. The van der Waals surface area contributed by atoms with Gasteiger partial charge in [-0.05, 0) is 23.1 Å². The van der Waals surface area contributed by atoms with Gasteiger partial charge in [0.2, 0.25) is 0 Å². The van der Waals surface area contributed by atoms with E-state index in [0.717, 1.165) is 0 Å². The first-order valence-electron chi connectivity index (χ1n) is 4.17. The highest BCUT2D eigenvalue weighted by Crippen LogP contribution is 2.29. The summed E-state index contributed by atoms with van der Waals surface area (Å²) in [4.78, 5) is 0. The summed E-state index contributed by atoms with van der Waals surface area (Å²) in [5.41, 5.74) is 12.1. The molecular formula is C10H15FN2. The molecule has 0 atom stereocenters. The first-order chi connectivity index (χ1) is 5.82. The molecule has 13 heavy (non-hydrogen) atoms. The molecule has 0 bridgehead atoms. The van der Waals surface area contributed by atoms with Crippen LogP contribution in [0.25, 0.3) is 0 Å². The molecule has 0 fully saturated rings. The first kappa shape index (κ1) is 9.84. The Morgan fingerprint density at radius 3 is 2.00 bits per heavy atom. The number of hydrogen-bond donors (Lipinski definition) is 2. The topological polar surface area (TPSA) is 52.0 Å². The zero-order valence-corrected chi connectivity index (χ0v) is 8.19. The second kappa shape index (κ2) is 2.91. The molecule has 0 unspecified atom stereocenters. The molecule has 1 aromatic carbocycles. The standard InChI is InChI=1S/C10H15FN2/c1-10(2,3)6-4-8(12)9(13)5-7(6)11/h4-5H,12-13H2,1-3H3. The highest BCUT2D eigenvalue weighted by atomic mass is 19.1. The quantitative estimate of drug-likeness (QED) is 0.605. The number of benzene rings is 1. The van der Waals surface area contributed by atoms with E-state index in [1.54, 1.807) is 6.07 Å². The molecule has 72 valence electrons. The van der Waals surface area contributed by atoms with Crippen molar-refractivity contribution in [3.8, 4) is 0 Å². The van der Waals surface area contributed by atoms with E-state index in [1.807, 2.05) is 20.8 Å². The van der Waals surface area contributed by atoms with Gasteiger partial charge in [0.05, 0.1) is 11.4 Å². The van der Waals surface area contributed by atoms with Crippen molar-refractivity contribution in [3.05, 3.63) is 23.5 Å². The maximum atomic E-state index is 13.4. The molecule has 0 aromatic heterocycles. The van der Waals surface area contributed by atoms with E-state index in [0.29, 0.717) is 16.9 Å². The Bertz CT molecular complexity index is 326. The van der Waals surface area contributed by atoms with Crippen LogP contribution in [0.2, 0.25) is 0 Å². The Labute approximate surface area is 77.7 Å². The van der Waals surface area contributed by atoms with Gasteiger partial charge >= 0.3 is 0 Å². The number of hydrogen-bond acceptors (Lipinski definition) is 2. The van der Waals surface area contributed by atoms with Crippen molar-refractivity contribution in [1.29, 1.82) is 0 Å². The Morgan fingerprint density at radius 2 is 1.54 bits per heavy atom. The summed E-state index contributed by atoms with van der Waals surface area (Å²) in [6.07, 6.45) is 0. The van der Waals surface area contributed by atoms with E-state index in [2.05, 4.69) is 0 Å². The molecule has 0 spiro atoms. The lowest BCUT2D eigenvalue weighted by atomic mass is 9.86. The lowest BCUT2D eigenvalue weighted by Crippen LogP contribution is -2.14. The van der Waals surface area contributed by atoms with Crippen LogP contribution in [-0.2, 0) is 5.41 Å². The van der Waals surface area contributed by atoms with Gasteiger partial charge in [0.25, 0.3) is 0 Å². The van der Waals surface area contributed by atoms with E-state index in [4.69, 9.17) is 11.5 Å². The molecule has 0 saturated heterocycles. The van der Waals surface area contributed by atoms with Gasteiger partial charge < -0.3 is 11.5 Å². The summed E-state index contributed by atoms with van der Waals surface area (Å²) in [7, 11) is 0. The summed E-state index contributed by atoms with van der Waals surface area (Å²) in [5.74, 6) is -0.292. The fourth-order valence-corrected chi connectivity index (χ4v) is 1.18. The minimum Gasteiger partial charge on any atom is -0.397 e. The van der Waals surface area contributed by atoms with Crippen molar-refractivity contribution < 1.29 is 4.39 Å². The third kappa shape index (κ3) is 1.91. The van der Waals surface area contributed by atoms with Crippen molar-refractivity contribution >= 4 is 11.4 Å². The van der Waals surface area contributed by atoms with Crippen LogP contribution in [0.3, 0.4) is 0 Å². The minimum atomic E-state index is -0.292. The van der Waals surface area contributed by atoms with Crippen molar-refractivity contribution in [1.82, 2.24) is 0 Å². The van der Waals surface area contributed by atoms with Crippen molar-refractivity contribution in [2.75, 3.05) is 11.5 Å². The maximum Gasteiger partial charge on any atom is 0.129 e. The lowest BCUT2D eigenvalue weighted by Gasteiger charge is -2.20. The van der Waals surface area contributed by atoms with Crippen LogP contribution in [-0.4, -0.2) is 0 Å². The summed E-state index contributed by atoms with van der Waals surface area (Å²) < 4.78 is 13.4. The molecule has 0 aliphatic rings. The summed E-state index contributed by atoms with van der Waals surface area (Å²) in [6, 6.07) is 2.88. The average molecular weight is 182 g/mol. The second-order valence-corrected chi connectivity index (χ2v) is 4.21. The molecule has 1 aromatic rings. The van der Waals surface area contributed by atoms with Gasteiger partial charge in [-0.25, -0.2) is 4.39 Å². The van der Waals surface area contributed by atoms with Crippen LogP contribution >= 0.6 is 0 Å². The molecule has 1 rings (SSSR count). The van der Waals surface area contributed by atoms with E-state index in [9.17, 15) is 4.39 Å². The molecule has 0 aliphatic carbocycles. The Hall–Kier alpha value is -1.25. The van der Waals surface area contributed by atoms with Gasteiger partial charge in [0.1, 0.15) is 5.82 Å². The van der Waals surface area contributed by atoms with E-state index >= 15 is 0 Å². The number of nitrogen functional groups attached to an aromatic ring is 2. The molecule has 0 saturated carbocycles. The zero-order valence-electron chi connectivity index (χ0n) is 8.19. The SMILES string of the molecule is CC(C)(C)c1cc(N)c(N)cc1F. The average Bonchev–Trinajstić information content (AvgIpc) is 1.94. The van der Waals surface area contributed by atoms with Gasteiger partial charge in [-0.3, -0.25) is 0 Å². The van der Waals surface area contributed by atoms with Gasteiger partial charge in [-0.1, -0.05) is 20.8 Å². The van der Waals surface area contributed by atoms with Crippen molar-refractivity contribution in [3.63, 3.8) is 0 Å². The molecule has 4 N–H and O–H groups in total. The molecular weight excluding hydrogens is 167 g/mol. The Balaban J connectivity index is 3.32. The van der Waals surface area contributed by atoms with Crippen LogP contribution in [0.5, 0.6) is 0 Å². The van der Waals surface area contributed by atoms with Gasteiger partial charge in [0.15, 0.2) is 0 Å². The predicted molar refractivity (Wildman–Crippen MR) is 53.9 cm³/mol. The highest BCUT2D eigenvalue weighted by molar-refractivity contribution is 5.64. The van der Waals surface area contributed by atoms with E-state index in [1.165, 1.54) is 6.07 Å². The summed E-state index contributed by atoms with van der Waals surface area (Å²) >= 11 is 0. The third-order valence-corrected chi connectivity index (χ3v) is 1.98. The number of rotatable bonds is 0. The zero-order chi connectivity index (χ0) is 10.2. The van der Waals surface area contributed by atoms with Crippen LogP contribution in [0, 0.1) is 5.82 Å². The van der Waals surface area contributed by atoms with E-state index < -0.39 is 0 Å². The molecule has 0 radical (unpaired) electrons. The largest absolute Gasteiger partial charge is 0.397 e. The fraction of sp³-hybridized carbons (Fsp3) is 0.400. The monoisotopic (exact) mass is 182 g/mol. The first-order valence-corrected chi connectivity index (χ1v) is 4.17. The lowest BCUT2D eigenvalue weighted by molar-refractivity contribution is 0.524. The summed E-state index contributed by atoms with van der Waals surface area (Å²) in [5, 5.41) is 0. The smallest absolute Gasteiger partial charge is 0.129 e. The normalized spacial score (nSPS) is 11.7. The van der Waals surface area contributed by atoms with E-state index in [-0.39, 0.29) is 11.2 Å². The van der Waals surface area contributed by atoms with Crippen LogP contribution < -0.4 is 11.5 Å². The third-order valence-electron chi connectivity index (χ3n) is 1.98. The number of anilines is 2. The van der Waals surface area contributed by atoms with Gasteiger partial charge in [-0.2, -0.15) is 0 Å². The Morgan fingerprint density at radius 1 is 1.08 bits per heavy atom.